The van der Waals surface area contributed by atoms with Gasteiger partial charge < -0.3 is 19.4 Å². The van der Waals surface area contributed by atoms with Crippen LogP contribution < -0.4 is 15.4 Å². The molecule has 6 aromatic rings. The van der Waals surface area contributed by atoms with Crippen LogP contribution in [-0.2, 0) is 11.3 Å². The van der Waals surface area contributed by atoms with Gasteiger partial charge in [-0.15, -0.1) is 0 Å². The molecule has 0 aliphatic rings. The van der Waals surface area contributed by atoms with Crippen molar-refractivity contribution in [1.82, 2.24) is 9.55 Å². The Hall–Kier alpha value is -5.89. The van der Waals surface area contributed by atoms with E-state index in [0.29, 0.717) is 23.9 Å². The molecule has 2 N–H and O–H groups in total. The summed E-state index contributed by atoms with van der Waals surface area (Å²) in [6, 6.07) is 41.6. The zero-order chi connectivity index (χ0) is 30.3. The molecule has 5 aromatic carbocycles. The highest BCUT2D eigenvalue weighted by molar-refractivity contribution is 6.01. The average molecular weight is 583 g/mol. The predicted molar refractivity (Wildman–Crippen MR) is 171 cm³/mol. The van der Waals surface area contributed by atoms with Crippen LogP contribution in [-0.4, -0.2) is 28.7 Å². The van der Waals surface area contributed by atoms with Crippen molar-refractivity contribution in [3.05, 3.63) is 156 Å². The second-order valence-corrected chi connectivity index (χ2v) is 10.1. The number of hydrogen-bond donors (Lipinski definition) is 2. The molecule has 1 aromatic heterocycles. The lowest BCUT2D eigenvalue weighted by Crippen LogP contribution is -2.22. The molecule has 6 rings (SSSR count). The number of esters is 1. The molecule has 1 heterocycles. The Morgan fingerprint density at radius 1 is 0.750 bits per heavy atom. The summed E-state index contributed by atoms with van der Waals surface area (Å²) in [7, 11) is 1.31. The summed E-state index contributed by atoms with van der Waals surface area (Å²) in [4.78, 5) is 30.8. The van der Waals surface area contributed by atoms with Crippen LogP contribution in [0.15, 0.2) is 133 Å². The Bertz CT molecular complexity index is 1850. The maximum Gasteiger partial charge on any atom is 0.341 e. The molecule has 218 valence electrons. The van der Waals surface area contributed by atoms with E-state index in [2.05, 4.69) is 15.6 Å². The average Bonchev–Trinajstić information content (AvgIpc) is 3.41. The zero-order valence-corrected chi connectivity index (χ0v) is 24.0. The van der Waals surface area contributed by atoms with Crippen LogP contribution in [0.2, 0.25) is 0 Å². The van der Waals surface area contributed by atoms with Crippen molar-refractivity contribution < 1.29 is 19.1 Å². The van der Waals surface area contributed by atoms with Crippen molar-refractivity contribution in [1.29, 1.82) is 0 Å². The maximum atomic E-state index is 13.2. The molecule has 0 radical (unpaired) electrons. The van der Waals surface area contributed by atoms with Crippen LogP contribution in [0.4, 0.5) is 16.4 Å². The highest BCUT2D eigenvalue weighted by atomic mass is 16.5. The molecule has 8 heteroatoms. The number of rotatable bonds is 9. The van der Waals surface area contributed by atoms with Gasteiger partial charge in [0.2, 0.25) is 5.95 Å². The van der Waals surface area contributed by atoms with Crippen molar-refractivity contribution >= 4 is 34.7 Å². The van der Waals surface area contributed by atoms with Gasteiger partial charge in [0, 0.05) is 5.69 Å². The number of carbonyl (C=O) groups excluding carboxylic acids is 2. The minimum Gasteiger partial charge on any atom is -0.480 e. The van der Waals surface area contributed by atoms with Gasteiger partial charge in [-0.25, -0.2) is 14.6 Å². The second-order valence-electron chi connectivity index (χ2n) is 10.1. The summed E-state index contributed by atoms with van der Waals surface area (Å²) in [5, 5.41) is 5.70. The summed E-state index contributed by atoms with van der Waals surface area (Å²) in [6.07, 6.45) is -0.472. The van der Waals surface area contributed by atoms with E-state index in [4.69, 9.17) is 9.47 Å². The number of methoxy groups -OCH3 is 1. The number of hydrogen-bond acceptors (Lipinski definition) is 5. The molecule has 0 bridgehead atoms. The lowest BCUT2D eigenvalue weighted by molar-refractivity contribution is 0.0594. The van der Waals surface area contributed by atoms with E-state index in [1.54, 1.807) is 18.2 Å². The Labute approximate surface area is 254 Å². The number of urea groups is 1. The molecular formula is C36H30N4O4. The molecule has 0 fully saturated rings. The Morgan fingerprint density at radius 3 is 2.02 bits per heavy atom. The minimum atomic E-state index is -0.589. The maximum absolute atomic E-state index is 13.2. The highest BCUT2D eigenvalue weighted by Gasteiger charge is 2.22. The van der Waals surface area contributed by atoms with Crippen molar-refractivity contribution in [3.63, 3.8) is 0 Å². The summed E-state index contributed by atoms with van der Waals surface area (Å²) in [6.45, 7) is 0.527. The summed E-state index contributed by atoms with van der Waals surface area (Å²) < 4.78 is 13.5. The molecule has 0 atom stereocenters. The zero-order valence-electron chi connectivity index (χ0n) is 24.0. The van der Waals surface area contributed by atoms with Crippen molar-refractivity contribution in [2.45, 2.75) is 12.6 Å². The van der Waals surface area contributed by atoms with Crippen LogP contribution in [0.25, 0.3) is 11.0 Å². The molecular weight excluding hydrogens is 552 g/mol. The lowest BCUT2D eigenvalue weighted by Gasteiger charge is -2.22. The third kappa shape index (κ3) is 6.29. The summed E-state index contributed by atoms with van der Waals surface area (Å²) in [5.74, 6) is 0.132. The van der Waals surface area contributed by atoms with E-state index in [9.17, 15) is 9.59 Å². The fourth-order valence-corrected chi connectivity index (χ4v) is 5.05. The van der Waals surface area contributed by atoms with E-state index >= 15 is 0 Å². The van der Waals surface area contributed by atoms with E-state index < -0.39 is 18.1 Å². The standard InChI is InChI=1S/C36H30N4O4/c1-43-34(41)29-23-28(21-22-32(29)44-33(26-15-7-3-8-16-26)27-17-9-4-10-18-27)37-36(42)39-35-38-30-19-11-12-20-31(30)40(35)24-25-13-5-2-6-14-25/h2-23,33H,24H2,1H3,(H2,37,38,39,42). The monoisotopic (exact) mass is 582 g/mol. The fourth-order valence-electron chi connectivity index (χ4n) is 5.05. The number of nitrogens with zero attached hydrogens (tertiary/aromatic N) is 2. The lowest BCUT2D eigenvalue weighted by atomic mass is 10.0. The highest BCUT2D eigenvalue weighted by Crippen LogP contribution is 2.32. The molecule has 0 aliphatic carbocycles. The molecule has 0 saturated heterocycles. The van der Waals surface area contributed by atoms with E-state index in [0.717, 1.165) is 27.7 Å². The van der Waals surface area contributed by atoms with Crippen LogP contribution in [0.5, 0.6) is 5.75 Å². The fraction of sp³-hybridized carbons (Fsp3) is 0.0833. The first-order valence-electron chi connectivity index (χ1n) is 14.1. The van der Waals surface area contributed by atoms with Gasteiger partial charge in [-0.05, 0) is 47.0 Å². The van der Waals surface area contributed by atoms with E-state index in [-0.39, 0.29) is 5.56 Å². The smallest absolute Gasteiger partial charge is 0.341 e. The summed E-state index contributed by atoms with van der Waals surface area (Å²) >= 11 is 0. The summed E-state index contributed by atoms with van der Waals surface area (Å²) in [5.41, 5.74) is 5.15. The van der Waals surface area contributed by atoms with Gasteiger partial charge >= 0.3 is 12.0 Å². The normalized spacial score (nSPS) is 10.9. The third-order valence-corrected chi connectivity index (χ3v) is 7.16. The number of ether oxygens (including phenoxy) is 2. The van der Waals surface area contributed by atoms with Gasteiger partial charge in [-0.2, -0.15) is 0 Å². The Balaban J connectivity index is 1.26. The van der Waals surface area contributed by atoms with E-state index in [1.165, 1.54) is 7.11 Å². The number of nitrogens with one attached hydrogen (secondary N) is 2. The van der Waals surface area contributed by atoms with Crippen LogP contribution in [0.1, 0.15) is 33.2 Å². The number of carbonyl (C=O) groups is 2. The second kappa shape index (κ2) is 13.0. The van der Waals surface area contributed by atoms with Gasteiger partial charge in [0.25, 0.3) is 0 Å². The topological polar surface area (TPSA) is 94.5 Å². The number of fused-ring (bicyclic) bond motifs is 1. The molecule has 8 nitrogen and oxygen atoms in total. The van der Waals surface area contributed by atoms with Gasteiger partial charge in [0.05, 0.1) is 24.7 Å². The number of aromatic nitrogens is 2. The van der Waals surface area contributed by atoms with Gasteiger partial charge in [-0.1, -0.05) is 103 Å². The number of para-hydroxylation sites is 2. The van der Waals surface area contributed by atoms with Gasteiger partial charge in [0.1, 0.15) is 17.4 Å². The van der Waals surface area contributed by atoms with Crippen molar-refractivity contribution in [2.75, 3.05) is 17.7 Å². The SMILES string of the molecule is COC(=O)c1cc(NC(=O)Nc2nc3ccccc3n2Cc2ccccc2)ccc1OC(c1ccccc1)c1ccccc1. The number of amides is 2. The first-order chi connectivity index (χ1) is 21.6. The van der Waals surface area contributed by atoms with Crippen molar-refractivity contribution in [2.24, 2.45) is 0 Å². The number of anilines is 2. The Morgan fingerprint density at radius 2 is 1.36 bits per heavy atom. The number of benzene rings is 5. The largest absolute Gasteiger partial charge is 0.480 e. The van der Waals surface area contributed by atoms with Crippen LogP contribution in [0.3, 0.4) is 0 Å². The number of imidazole rings is 1. The first-order valence-corrected chi connectivity index (χ1v) is 14.1. The molecule has 0 spiro atoms. The quantitative estimate of drug-likeness (QED) is 0.171. The molecule has 0 saturated carbocycles. The third-order valence-electron chi connectivity index (χ3n) is 7.16. The van der Waals surface area contributed by atoms with Crippen LogP contribution in [0, 0.1) is 0 Å². The molecule has 0 aliphatic heterocycles. The Kier molecular flexibility index (Phi) is 8.32. The molecule has 0 unspecified atom stereocenters. The molecule has 44 heavy (non-hydrogen) atoms. The molecule has 2 amide bonds. The van der Waals surface area contributed by atoms with Crippen LogP contribution >= 0.6 is 0 Å². The first kappa shape index (κ1) is 28.2. The predicted octanol–water partition coefficient (Wildman–Crippen LogP) is 7.68. The van der Waals surface area contributed by atoms with Gasteiger partial charge in [0.15, 0.2) is 0 Å². The van der Waals surface area contributed by atoms with Crippen molar-refractivity contribution in [3.8, 4) is 5.75 Å². The van der Waals surface area contributed by atoms with E-state index in [1.807, 2.05) is 120 Å². The minimum absolute atomic E-state index is 0.179. The van der Waals surface area contributed by atoms with Gasteiger partial charge in [-0.3, -0.25) is 5.32 Å².